The molecule has 4 rings (SSSR count). The number of carbonyl (C=O) groups is 1. The molecule has 1 aliphatic heterocycles. The maximum atomic E-state index is 12.8. The second-order valence-corrected chi connectivity index (χ2v) is 12.4. The summed E-state index contributed by atoms with van der Waals surface area (Å²) in [5, 5.41) is 9.10. The number of nitrogens with zero attached hydrogens (tertiary/aromatic N) is 3. The van der Waals surface area contributed by atoms with Crippen LogP contribution in [-0.4, -0.2) is 68.8 Å². The fourth-order valence-electron chi connectivity index (χ4n) is 6.34. The number of ether oxygens (including phenoxy) is 3. The molecule has 2 aliphatic rings. The van der Waals surface area contributed by atoms with Gasteiger partial charge < -0.3 is 14.2 Å². The topological polar surface area (TPSA) is 75.0 Å². The van der Waals surface area contributed by atoms with Gasteiger partial charge in [0.25, 0.3) is 0 Å². The first-order valence-electron chi connectivity index (χ1n) is 14.5. The first kappa shape index (κ1) is 29.9. The van der Waals surface area contributed by atoms with Crippen LogP contribution >= 0.6 is 0 Å². The summed E-state index contributed by atoms with van der Waals surface area (Å²) in [6.07, 6.45) is 5.10. The van der Waals surface area contributed by atoms with Gasteiger partial charge >= 0.3 is 0 Å². The summed E-state index contributed by atoms with van der Waals surface area (Å²) in [6.45, 7) is 8.46. The lowest BCUT2D eigenvalue weighted by atomic mass is 9.87. The summed E-state index contributed by atoms with van der Waals surface area (Å²) in [6, 6.07) is 16.2. The van der Waals surface area contributed by atoms with Gasteiger partial charge in [-0.25, -0.2) is 0 Å². The van der Waals surface area contributed by atoms with Crippen molar-refractivity contribution < 1.29 is 19.0 Å². The highest BCUT2D eigenvalue weighted by atomic mass is 16.5. The van der Waals surface area contributed by atoms with Crippen molar-refractivity contribution in [3.63, 3.8) is 0 Å². The van der Waals surface area contributed by atoms with E-state index in [0.29, 0.717) is 47.3 Å². The molecule has 2 fully saturated rings. The Bertz CT molecular complexity index is 1170. The molecule has 7 nitrogen and oxygen atoms in total. The Kier molecular flexibility index (Phi) is 9.76. The lowest BCUT2D eigenvalue weighted by Crippen LogP contribution is -2.56. The van der Waals surface area contributed by atoms with Crippen LogP contribution in [0.2, 0.25) is 0 Å². The summed E-state index contributed by atoms with van der Waals surface area (Å²) in [5.74, 6) is 3.44. The Balaban J connectivity index is 1.47. The normalized spacial score (nSPS) is 21.6. The molecule has 7 heteroatoms. The van der Waals surface area contributed by atoms with E-state index in [1.807, 2.05) is 63.2 Å². The standard InChI is InChI=1S/C33H45N3O4/c1-33(2,3)30(37)22-35(4)32-25-14-15-26(32)21-36(20-25)31(9-7-8-23-10-12-24(19-34)13-11-23)40-27-16-17-28(38-5)29(18-27)39-6/h10-13,16-18,25-26,31-32H,7-9,14-15,20-22H2,1-6H3. The number of fused-ring (bicyclic) bond motifs is 2. The van der Waals surface area contributed by atoms with E-state index < -0.39 is 0 Å². The largest absolute Gasteiger partial charge is 0.493 e. The minimum Gasteiger partial charge on any atom is -0.493 e. The highest BCUT2D eigenvalue weighted by molar-refractivity contribution is 5.85. The Morgan fingerprint density at radius 2 is 1.70 bits per heavy atom. The summed E-state index contributed by atoms with van der Waals surface area (Å²) < 4.78 is 17.6. The second-order valence-electron chi connectivity index (χ2n) is 12.4. The number of likely N-dealkylation sites (N-methyl/N-ethyl adjacent to an activating group) is 1. The number of hydrogen-bond donors (Lipinski definition) is 0. The van der Waals surface area contributed by atoms with Crippen molar-refractivity contribution in [2.24, 2.45) is 17.3 Å². The predicted octanol–water partition coefficient (Wildman–Crippen LogP) is 5.56. The molecule has 3 atom stereocenters. The Morgan fingerprint density at radius 1 is 1.05 bits per heavy atom. The van der Waals surface area contributed by atoms with Crippen molar-refractivity contribution in [1.29, 1.82) is 5.26 Å². The van der Waals surface area contributed by atoms with Crippen LogP contribution in [0.25, 0.3) is 0 Å². The first-order chi connectivity index (χ1) is 19.1. The van der Waals surface area contributed by atoms with Crippen molar-refractivity contribution in [1.82, 2.24) is 9.80 Å². The van der Waals surface area contributed by atoms with Crippen molar-refractivity contribution in [3.05, 3.63) is 53.6 Å². The van der Waals surface area contributed by atoms with Gasteiger partial charge in [-0.3, -0.25) is 14.6 Å². The zero-order valence-electron chi connectivity index (χ0n) is 25.0. The second kappa shape index (κ2) is 13.1. The molecule has 3 unspecified atom stereocenters. The molecule has 1 saturated heterocycles. The molecule has 1 saturated carbocycles. The summed E-state index contributed by atoms with van der Waals surface area (Å²) in [4.78, 5) is 17.6. The van der Waals surface area contributed by atoms with Crippen LogP contribution in [0.5, 0.6) is 17.2 Å². The summed E-state index contributed by atoms with van der Waals surface area (Å²) >= 11 is 0. The molecular formula is C33H45N3O4. The van der Waals surface area contributed by atoms with Crippen LogP contribution in [0.4, 0.5) is 0 Å². The van der Waals surface area contributed by atoms with Crippen LogP contribution in [0.15, 0.2) is 42.5 Å². The zero-order valence-corrected chi connectivity index (χ0v) is 25.0. The molecule has 2 aromatic carbocycles. The predicted molar refractivity (Wildman–Crippen MR) is 157 cm³/mol. The molecule has 2 bridgehead atoms. The minimum absolute atomic E-state index is 0.0676. The number of ketones is 1. The van der Waals surface area contributed by atoms with E-state index in [0.717, 1.165) is 38.1 Å². The van der Waals surface area contributed by atoms with Crippen LogP contribution in [-0.2, 0) is 11.2 Å². The molecule has 1 heterocycles. The van der Waals surface area contributed by atoms with Crippen molar-refractivity contribution in [3.8, 4) is 23.3 Å². The Hall–Kier alpha value is -3.08. The van der Waals surface area contributed by atoms with Crippen LogP contribution < -0.4 is 14.2 Å². The number of aryl methyl sites for hydroxylation is 1. The van der Waals surface area contributed by atoms with E-state index in [2.05, 4.69) is 22.9 Å². The molecular weight excluding hydrogens is 502 g/mol. The number of hydrogen-bond acceptors (Lipinski definition) is 7. The number of nitriles is 1. The van der Waals surface area contributed by atoms with E-state index >= 15 is 0 Å². The lowest BCUT2D eigenvalue weighted by Gasteiger charge is -2.45. The molecule has 0 amide bonds. The molecule has 0 radical (unpaired) electrons. The number of methoxy groups -OCH3 is 2. The van der Waals surface area contributed by atoms with Crippen LogP contribution in [0, 0.1) is 28.6 Å². The van der Waals surface area contributed by atoms with E-state index in [1.54, 1.807) is 14.2 Å². The summed E-state index contributed by atoms with van der Waals surface area (Å²) in [5.41, 5.74) is 1.60. The third-order valence-electron chi connectivity index (χ3n) is 8.58. The van der Waals surface area contributed by atoms with Crippen LogP contribution in [0.1, 0.15) is 57.6 Å². The van der Waals surface area contributed by atoms with Crippen molar-refractivity contribution in [2.75, 3.05) is 40.9 Å². The van der Waals surface area contributed by atoms with Crippen molar-refractivity contribution >= 4 is 5.78 Å². The number of Topliss-reactive ketones (excluding diaryl/α,β-unsaturated/α-hetero) is 1. The smallest absolute Gasteiger partial charge is 0.164 e. The maximum absolute atomic E-state index is 12.8. The summed E-state index contributed by atoms with van der Waals surface area (Å²) in [7, 11) is 5.40. The van der Waals surface area contributed by atoms with Gasteiger partial charge in [-0.05, 0) is 80.8 Å². The third kappa shape index (κ3) is 7.16. The van der Waals surface area contributed by atoms with Gasteiger partial charge in [0.2, 0.25) is 0 Å². The van der Waals surface area contributed by atoms with E-state index in [9.17, 15) is 4.79 Å². The number of carbonyl (C=O) groups excluding carboxylic acids is 1. The van der Waals surface area contributed by atoms with E-state index in [1.165, 1.54) is 18.4 Å². The third-order valence-corrected chi connectivity index (χ3v) is 8.58. The van der Waals surface area contributed by atoms with E-state index in [4.69, 9.17) is 19.5 Å². The fraction of sp³-hybridized carbons (Fsp3) is 0.576. The number of rotatable bonds is 12. The molecule has 0 spiro atoms. The van der Waals surface area contributed by atoms with Gasteiger partial charge in [0.15, 0.2) is 23.5 Å². The Morgan fingerprint density at radius 3 is 2.27 bits per heavy atom. The molecule has 216 valence electrons. The highest BCUT2D eigenvalue weighted by Crippen LogP contribution is 2.41. The number of piperidine rings is 1. The molecule has 2 aromatic rings. The SMILES string of the molecule is COc1ccc(OC(CCCc2ccc(C#N)cc2)N2CC3CCC(C2)C3N(C)CC(=O)C(C)(C)C)cc1OC. The molecule has 0 aromatic heterocycles. The van der Waals surface area contributed by atoms with Crippen LogP contribution in [0.3, 0.4) is 0 Å². The average molecular weight is 548 g/mol. The van der Waals surface area contributed by atoms with Gasteiger partial charge in [0, 0.05) is 30.6 Å². The average Bonchev–Trinajstić information content (AvgIpc) is 3.21. The Labute approximate surface area is 240 Å². The molecule has 40 heavy (non-hydrogen) atoms. The molecule has 0 N–H and O–H groups in total. The van der Waals surface area contributed by atoms with Gasteiger partial charge in [0.1, 0.15) is 5.75 Å². The van der Waals surface area contributed by atoms with Crippen molar-refractivity contribution in [2.45, 2.75) is 65.1 Å². The zero-order chi connectivity index (χ0) is 28.9. The minimum atomic E-state index is -0.318. The van der Waals surface area contributed by atoms with Gasteiger partial charge in [0.05, 0.1) is 32.4 Å². The van der Waals surface area contributed by atoms with Gasteiger partial charge in [-0.15, -0.1) is 0 Å². The van der Waals surface area contributed by atoms with Gasteiger partial charge in [-0.2, -0.15) is 5.26 Å². The maximum Gasteiger partial charge on any atom is 0.164 e. The molecule has 1 aliphatic carbocycles. The number of benzene rings is 2. The van der Waals surface area contributed by atoms with Gasteiger partial charge in [-0.1, -0.05) is 32.9 Å². The number of likely N-dealkylation sites (tertiary alicyclic amines) is 1. The first-order valence-corrected chi connectivity index (χ1v) is 14.5. The monoisotopic (exact) mass is 547 g/mol. The lowest BCUT2D eigenvalue weighted by molar-refractivity contribution is -0.128. The fourth-order valence-corrected chi connectivity index (χ4v) is 6.34. The van der Waals surface area contributed by atoms with E-state index in [-0.39, 0.29) is 11.6 Å². The quantitative estimate of drug-likeness (QED) is 0.344. The highest BCUT2D eigenvalue weighted by Gasteiger charge is 2.46.